The standard InChI is InChI=1S/C7H10N2O2/c1-5(4-7(10)11)6-2-3-8-9-6/h2-3,5H,4H2,1H3,(H,8,9)(H,10,11). The van der Waals surface area contributed by atoms with Crippen LogP contribution in [0, 0.1) is 0 Å². The molecule has 0 spiro atoms. The summed E-state index contributed by atoms with van der Waals surface area (Å²) >= 11 is 0. The summed E-state index contributed by atoms with van der Waals surface area (Å²) in [6, 6.07) is 1.79. The third-order valence-corrected chi connectivity index (χ3v) is 1.53. The lowest BCUT2D eigenvalue weighted by atomic mass is 10.1. The summed E-state index contributed by atoms with van der Waals surface area (Å²) in [5.74, 6) is -0.776. The Balaban J connectivity index is 2.56. The summed E-state index contributed by atoms with van der Waals surface area (Å²) in [4.78, 5) is 10.3. The van der Waals surface area contributed by atoms with Crippen LogP contribution in [-0.4, -0.2) is 21.3 Å². The van der Waals surface area contributed by atoms with Gasteiger partial charge in [0, 0.05) is 17.8 Å². The Labute approximate surface area is 64.2 Å². The van der Waals surface area contributed by atoms with Gasteiger partial charge in [0.2, 0.25) is 0 Å². The van der Waals surface area contributed by atoms with Gasteiger partial charge in [-0.2, -0.15) is 5.10 Å². The number of H-pyrrole nitrogens is 1. The van der Waals surface area contributed by atoms with Crippen LogP contribution >= 0.6 is 0 Å². The van der Waals surface area contributed by atoms with Crippen molar-refractivity contribution in [3.8, 4) is 0 Å². The molecule has 0 aromatic carbocycles. The minimum atomic E-state index is -0.785. The number of carboxylic acids is 1. The van der Waals surface area contributed by atoms with E-state index < -0.39 is 5.97 Å². The molecule has 0 amide bonds. The highest BCUT2D eigenvalue weighted by molar-refractivity contribution is 5.67. The van der Waals surface area contributed by atoms with Gasteiger partial charge in [0.05, 0.1) is 6.42 Å². The number of hydrogen-bond acceptors (Lipinski definition) is 2. The zero-order valence-corrected chi connectivity index (χ0v) is 6.24. The van der Waals surface area contributed by atoms with Crippen LogP contribution in [0.5, 0.6) is 0 Å². The molecular weight excluding hydrogens is 144 g/mol. The van der Waals surface area contributed by atoms with E-state index in [2.05, 4.69) is 10.2 Å². The van der Waals surface area contributed by atoms with E-state index in [1.54, 1.807) is 12.3 Å². The van der Waals surface area contributed by atoms with Crippen molar-refractivity contribution in [2.24, 2.45) is 0 Å². The maximum atomic E-state index is 10.3. The first-order chi connectivity index (χ1) is 5.20. The molecular formula is C7H10N2O2. The summed E-state index contributed by atoms with van der Waals surface area (Å²) in [5.41, 5.74) is 0.868. The first-order valence-electron chi connectivity index (χ1n) is 3.41. The lowest BCUT2D eigenvalue weighted by Crippen LogP contribution is -2.02. The number of nitrogens with zero attached hydrogens (tertiary/aromatic N) is 1. The number of hydrogen-bond donors (Lipinski definition) is 2. The van der Waals surface area contributed by atoms with Gasteiger partial charge in [0.1, 0.15) is 0 Å². The second-order valence-electron chi connectivity index (χ2n) is 2.51. The summed E-state index contributed by atoms with van der Waals surface area (Å²) < 4.78 is 0. The molecule has 1 unspecified atom stereocenters. The van der Waals surface area contributed by atoms with E-state index in [0.29, 0.717) is 0 Å². The van der Waals surface area contributed by atoms with Crippen molar-refractivity contribution in [1.29, 1.82) is 0 Å². The molecule has 0 saturated carbocycles. The molecule has 0 fully saturated rings. The average molecular weight is 154 g/mol. The lowest BCUT2D eigenvalue weighted by molar-refractivity contribution is -0.137. The van der Waals surface area contributed by atoms with Gasteiger partial charge in [-0.25, -0.2) is 0 Å². The fourth-order valence-electron chi connectivity index (χ4n) is 0.913. The van der Waals surface area contributed by atoms with Crippen molar-refractivity contribution in [3.05, 3.63) is 18.0 Å². The van der Waals surface area contributed by atoms with Gasteiger partial charge in [0.15, 0.2) is 0 Å². The highest BCUT2D eigenvalue weighted by Gasteiger charge is 2.10. The normalized spacial score (nSPS) is 12.8. The maximum absolute atomic E-state index is 10.3. The molecule has 0 radical (unpaired) electrons. The van der Waals surface area contributed by atoms with Gasteiger partial charge in [-0.15, -0.1) is 0 Å². The molecule has 1 atom stereocenters. The topological polar surface area (TPSA) is 66.0 Å². The van der Waals surface area contributed by atoms with Crippen LogP contribution in [-0.2, 0) is 4.79 Å². The SMILES string of the molecule is CC(CC(=O)O)c1ccn[nH]1. The molecule has 0 aliphatic heterocycles. The monoisotopic (exact) mass is 154 g/mol. The van der Waals surface area contributed by atoms with E-state index in [1.165, 1.54) is 0 Å². The molecule has 0 bridgehead atoms. The molecule has 0 aliphatic rings. The molecule has 1 heterocycles. The number of aromatic nitrogens is 2. The number of aliphatic carboxylic acids is 1. The Hall–Kier alpha value is -1.32. The van der Waals surface area contributed by atoms with Gasteiger partial charge >= 0.3 is 5.97 Å². The molecule has 0 saturated heterocycles. The highest BCUT2D eigenvalue weighted by Crippen LogP contribution is 2.14. The maximum Gasteiger partial charge on any atom is 0.304 e. The van der Waals surface area contributed by atoms with E-state index in [4.69, 9.17) is 5.11 Å². The third kappa shape index (κ3) is 2.07. The molecule has 1 aromatic heterocycles. The van der Waals surface area contributed by atoms with Crippen LogP contribution in [0.1, 0.15) is 25.0 Å². The highest BCUT2D eigenvalue weighted by atomic mass is 16.4. The van der Waals surface area contributed by atoms with Crippen LogP contribution in [0.15, 0.2) is 12.3 Å². The van der Waals surface area contributed by atoms with E-state index >= 15 is 0 Å². The number of rotatable bonds is 3. The van der Waals surface area contributed by atoms with E-state index in [-0.39, 0.29) is 12.3 Å². The molecule has 1 aromatic rings. The molecule has 4 heteroatoms. The number of carboxylic acid groups (broad SMARTS) is 1. The molecule has 11 heavy (non-hydrogen) atoms. The van der Waals surface area contributed by atoms with Crippen LogP contribution in [0.2, 0.25) is 0 Å². The molecule has 1 rings (SSSR count). The molecule has 60 valence electrons. The van der Waals surface area contributed by atoms with Gasteiger partial charge in [-0.3, -0.25) is 9.89 Å². The first kappa shape index (κ1) is 7.78. The smallest absolute Gasteiger partial charge is 0.304 e. The Bertz CT molecular complexity index is 231. The summed E-state index contributed by atoms with van der Waals surface area (Å²) in [5, 5.41) is 14.9. The number of carbonyl (C=O) groups is 1. The Morgan fingerprint density at radius 1 is 1.91 bits per heavy atom. The molecule has 4 nitrogen and oxygen atoms in total. The first-order valence-corrected chi connectivity index (χ1v) is 3.41. The minimum Gasteiger partial charge on any atom is -0.481 e. The van der Waals surface area contributed by atoms with Crippen LogP contribution in [0.4, 0.5) is 0 Å². The van der Waals surface area contributed by atoms with E-state index in [0.717, 1.165) is 5.69 Å². The van der Waals surface area contributed by atoms with Crippen molar-refractivity contribution in [1.82, 2.24) is 10.2 Å². The van der Waals surface area contributed by atoms with Gasteiger partial charge in [0.25, 0.3) is 0 Å². The van der Waals surface area contributed by atoms with Gasteiger partial charge < -0.3 is 5.11 Å². The third-order valence-electron chi connectivity index (χ3n) is 1.53. The fraction of sp³-hybridized carbons (Fsp3) is 0.429. The Morgan fingerprint density at radius 3 is 3.09 bits per heavy atom. The summed E-state index contributed by atoms with van der Waals surface area (Å²) in [6.45, 7) is 1.85. The van der Waals surface area contributed by atoms with E-state index in [9.17, 15) is 4.79 Å². The Morgan fingerprint density at radius 2 is 2.64 bits per heavy atom. The van der Waals surface area contributed by atoms with Gasteiger partial charge in [-0.1, -0.05) is 6.92 Å². The van der Waals surface area contributed by atoms with Crippen molar-refractivity contribution in [3.63, 3.8) is 0 Å². The zero-order chi connectivity index (χ0) is 8.27. The predicted molar refractivity (Wildman–Crippen MR) is 39.3 cm³/mol. The lowest BCUT2D eigenvalue weighted by Gasteiger charge is -2.03. The second-order valence-corrected chi connectivity index (χ2v) is 2.51. The minimum absolute atomic E-state index is 0.00926. The fourth-order valence-corrected chi connectivity index (χ4v) is 0.913. The van der Waals surface area contributed by atoms with Crippen LogP contribution < -0.4 is 0 Å². The van der Waals surface area contributed by atoms with Crippen molar-refractivity contribution < 1.29 is 9.90 Å². The second kappa shape index (κ2) is 3.18. The van der Waals surface area contributed by atoms with Crippen molar-refractivity contribution in [2.75, 3.05) is 0 Å². The summed E-state index contributed by atoms with van der Waals surface area (Å²) in [6.07, 6.45) is 1.76. The summed E-state index contributed by atoms with van der Waals surface area (Å²) in [7, 11) is 0. The Kier molecular flexibility index (Phi) is 2.25. The quantitative estimate of drug-likeness (QED) is 0.682. The zero-order valence-electron chi connectivity index (χ0n) is 6.24. The van der Waals surface area contributed by atoms with E-state index in [1.807, 2.05) is 6.92 Å². The number of aromatic amines is 1. The van der Waals surface area contributed by atoms with Crippen molar-refractivity contribution >= 4 is 5.97 Å². The predicted octanol–water partition coefficient (Wildman–Crippen LogP) is 0.988. The molecule has 2 N–H and O–H groups in total. The van der Waals surface area contributed by atoms with Gasteiger partial charge in [-0.05, 0) is 6.07 Å². The average Bonchev–Trinajstić information content (AvgIpc) is 2.35. The van der Waals surface area contributed by atoms with Crippen LogP contribution in [0.25, 0.3) is 0 Å². The molecule has 0 aliphatic carbocycles. The number of nitrogens with one attached hydrogen (secondary N) is 1. The van der Waals surface area contributed by atoms with Crippen molar-refractivity contribution in [2.45, 2.75) is 19.3 Å². The van der Waals surface area contributed by atoms with Crippen LogP contribution in [0.3, 0.4) is 0 Å². The largest absolute Gasteiger partial charge is 0.481 e.